The molecule has 2 rings (SSSR count). The number of rotatable bonds is 3. The molecule has 0 radical (unpaired) electrons. The largest absolute Gasteiger partial charge is 0.337 e. The number of aryl methyl sites for hydroxylation is 1. The topological polar surface area (TPSA) is 75.9 Å². The van der Waals surface area contributed by atoms with Crippen molar-refractivity contribution in [2.24, 2.45) is 5.84 Å². The lowest BCUT2D eigenvalue weighted by Gasteiger charge is -2.10. The Morgan fingerprint density at radius 3 is 2.71 bits per heavy atom. The fourth-order valence-corrected chi connectivity index (χ4v) is 1.42. The Hall–Kier alpha value is -2.21. The lowest BCUT2D eigenvalue weighted by molar-refractivity contribution is 0.631. The summed E-state index contributed by atoms with van der Waals surface area (Å²) in [5.41, 5.74) is 3.59. The van der Waals surface area contributed by atoms with E-state index in [0.29, 0.717) is 17.3 Å². The summed E-state index contributed by atoms with van der Waals surface area (Å²) in [5.74, 6) is 5.83. The minimum atomic E-state index is -0.328. The molecule has 6 heteroatoms. The summed E-state index contributed by atoms with van der Waals surface area (Å²) in [7, 11) is 0. The molecule has 0 aliphatic rings. The average molecular weight is 233 g/mol. The summed E-state index contributed by atoms with van der Waals surface area (Å²) in [6, 6.07) is 6.45. The number of nitrogens with two attached hydrogens (primary N) is 1. The molecule has 0 saturated carbocycles. The van der Waals surface area contributed by atoms with E-state index < -0.39 is 0 Å². The van der Waals surface area contributed by atoms with E-state index in [2.05, 4.69) is 20.7 Å². The molecule has 0 atom stereocenters. The molecule has 0 aliphatic heterocycles. The third-order valence-electron chi connectivity index (χ3n) is 2.29. The van der Waals surface area contributed by atoms with Gasteiger partial charge in [-0.2, -0.15) is 0 Å². The van der Waals surface area contributed by atoms with E-state index in [1.54, 1.807) is 12.1 Å². The summed E-state index contributed by atoms with van der Waals surface area (Å²) in [6.45, 7) is 1.81. The van der Waals surface area contributed by atoms with Crippen LogP contribution >= 0.6 is 0 Å². The first-order chi connectivity index (χ1) is 8.20. The van der Waals surface area contributed by atoms with Crippen molar-refractivity contribution in [3.05, 3.63) is 42.0 Å². The maximum atomic E-state index is 13.6. The lowest BCUT2D eigenvalue weighted by Crippen LogP contribution is -2.09. The molecule has 5 nitrogen and oxygen atoms in total. The van der Waals surface area contributed by atoms with Crippen molar-refractivity contribution in [3.63, 3.8) is 0 Å². The maximum Gasteiger partial charge on any atom is 0.146 e. The number of anilines is 3. The van der Waals surface area contributed by atoms with Crippen LogP contribution in [0, 0.1) is 12.7 Å². The molecule has 17 heavy (non-hydrogen) atoms. The van der Waals surface area contributed by atoms with E-state index in [0.717, 1.165) is 5.56 Å². The molecular formula is C11H12FN5. The van der Waals surface area contributed by atoms with Gasteiger partial charge in [-0.25, -0.2) is 20.2 Å². The first-order valence-electron chi connectivity index (χ1n) is 5.01. The minimum Gasteiger partial charge on any atom is -0.337 e. The molecule has 0 unspecified atom stereocenters. The SMILES string of the molecule is Cc1cccc(F)c1Nc1cc(NN)ncn1. The molecule has 0 saturated heterocycles. The van der Waals surface area contributed by atoms with Gasteiger partial charge in [-0.3, -0.25) is 0 Å². The van der Waals surface area contributed by atoms with Gasteiger partial charge in [0.1, 0.15) is 23.8 Å². The molecule has 2 aromatic rings. The van der Waals surface area contributed by atoms with Gasteiger partial charge in [0.15, 0.2) is 0 Å². The van der Waals surface area contributed by atoms with Crippen LogP contribution in [-0.4, -0.2) is 9.97 Å². The van der Waals surface area contributed by atoms with Gasteiger partial charge in [-0.15, -0.1) is 0 Å². The summed E-state index contributed by atoms with van der Waals surface area (Å²) in [5, 5.41) is 2.89. The normalized spacial score (nSPS) is 10.1. The standard InChI is InChI=1S/C11H12FN5/c1-7-3-2-4-8(12)11(7)16-9-5-10(17-13)15-6-14-9/h2-6H,13H2,1H3,(H2,14,15,16,17). The predicted octanol–water partition coefficient (Wildman–Crippen LogP) is 1.95. The molecule has 0 spiro atoms. The number of nitrogens with one attached hydrogen (secondary N) is 2. The van der Waals surface area contributed by atoms with Crippen molar-refractivity contribution in [3.8, 4) is 0 Å². The van der Waals surface area contributed by atoms with Crippen molar-refractivity contribution >= 4 is 17.3 Å². The highest BCUT2D eigenvalue weighted by Crippen LogP contribution is 2.22. The van der Waals surface area contributed by atoms with Crippen LogP contribution in [0.5, 0.6) is 0 Å². The van der Waals surface area contributed by atoms with Crippen LogP contribution in [0.15, 0.2) is 30.6 Å². The molecule has 0 fully saturated rings. The van der Waals surface area contributed by atoms with Crippen molar-refractivity contribution in [1.82, 2.24) is 9.97 Å². The Balaban J connectivity index is 2.31. The molecule has 1 aromatic heterocycles. The fraction of sp³-hybridized carbons (Fsp3) is 0.0909. The van der Waals surface area contributed by atoms with Crippen LogP contribution in [0.2, 0.25) is 0 Å². The number of hydrogen-bond acceptors (Lipinski definition) is 5. The molecule has 0 bridgehead atoms. The number of nitrogens with zero attached hydrogens (tertiary/aromatic N) is 2. The third kappa shape index (κ3) is 2.48. The van der Waals surface area contributed by atoms with Gasteiger partial charge < -0.3 is 10.7 Å². The third-order valence-corrected chi connectivity index (χ3v) is 2.29. The van der Waals surface area contributed by atoms with E-state index in [-0.39, 0.29) is 5.82 Å². The van der Waals surface area contributed by atoms with Crippen molar-refractivity contribution in [2.75, 3.05) is 10.7 Å². The molecule has 4 N–H and O–H groups in total. The van der Waals surface area contributed by atoms with E-state index in [1.165, 1.54) is 12.4 Å². The monoisotopic (exact) mass is 233 g/mol. The number of hydrazine groups is 1. The van der Waals surface area contributed by atoms with Crippen LogP contribution in [0.25, 0.3) is 0 Å². The summed E-state index contributed by atoms with van der Waals surface area (Å²) in [4.78, 5) is 7.84. The highest BCUT2D eigenvalue weighted by Gasteiger charge is 2.06. The molecule has 0 amide bonds. The second kappa shape index (κ2) is 4.75. The first-order valence-corrected chi connectivity index (χ1v) is 5.01. The number of nitrogen functional groups attached to an aromatic ring is 1. The highest BCUT2D eigenvalue weighted by atomic mass is 19.1. The lowest BCUT2D eigenvalue weighted by atomic mass is 10.2. The Morgan fingerprint density at radius 1 is 1.24 bits per heavy atom. The molecule has 0 aliphatic carbocycles. The van der Waals surface area contributed by atoms with E-state index >= 15 is 0 Å². The van der Waals surface area contributed by atoms with Crippen LogP contribution in [0.3, 0.4) is 0 Å². The maximum absolute atomic E-state index is 13.6. The number of benzene rings is 1. The summed E-state index contributed by atoms with van der Waals surface area (Å²) < 4.78 is 13.6. The van der Waals surface area contributed by atoms with Crippen LogP contribution in [0.4, 0.5) is 21.7 Å². The van der Waals surface area contributed by atoms with Gasteiger partial charge in [0.25, 0.3) is 0 Å². The van der Waals surface area contributed by atoms with Crippen molar-refractivity contribution in [1.29, 1.82) is 0 Å². The molecule has 88 valence electrons. The van der Waals surface area contributed by atoms with E-state index in [1.807, 2.05) is 13.0 Å². The quantitative estimate of drug-likeness (QED) is 0.558. The minimum absolute atomic E-state index is 0.328. The Kier molecular flexibility index (Phi) is 3.15. The van der Waals surface area contributed by atoms with Gasteiger partial charge in [-0.05, 0) is 18.6 Å². The van der Waals surface area contributed by atoms with Crippen molar-refractivity contribution in [2.45, 2.75) is 6.92 Å². The zero-order valence-corrected chi connectivity index (χ0v) is 9.24. The van der Waals surface area contributed by atoms with Crippen LogP contribution in [-0.2, 0) is 0 Å². The number of para-hydroxylation sites is 1. The highest BCUT2D eigenvalue weighted by molar-refractivity contribution is 5.62. The average Bonchev–Trinajstić information content (AvgIpc) is 2.34. The molecular weight excluding hydrogens is 221 g/mol. The van der Waals surface area contributed by atoms with Gasteiger partial charge in [0.2, 0.25) is 0 Å². The van der Waals surface area contributed by atoms with Gasteiger partial charge >= 0.3 is 0 Å². The van der Waals surface area contributed by atoms with Crippen molar-refractivity contribution < 1.29 is 4.39 Å². The Morgan fingerprint density at radius 2 is 2.00 bits per heavy atom. The number of aromatic nitrogens is 2. The smallest absolute Gasteiger partial charge is 0.146 e. The summed E-state index contributed by atoms with van der Waals surface area (Å²) in [6.07, 6.45) is 1.34. The van der Waals surface area contributed by atoms with Gasteiger partial charge in [0.05, 0.1) is 5.69 Å². The zero-order valence-electron chi connectivity index (χ0n) is 9.24. The van der Waals surface area contributed by atoms with Crippen LogP contribution < -0.4 is 16.6 Å². The van der Waals surface area contributed by atoms with Gasteiger partial charge in [0, 0.05) is 6.07 Å². The Labute approximate surface area is 97.9 Å². The predicted molar refractivity (Wildman–Crippen MR) is 64.3 cm³/mol. The number of hydrogen-bond donors (Lipinski definition) is 3. The molecule has 1 heterocycles. The fourth-order valence-electron chi connectivity index (χ4n) is 1.42. The molecule has 1 aromatic carbocycles. The second-order valence-electron chi connectivity index (χ2n) is 3.49. The first kappa shape index (κ1) is 11.3. The van der Waals surface area contributed by atoms with Gasteiger partial charge in [-0.1, -0.05) is 12.1 Å². The second-order valence-corrected chi connectivity index (χ2v) is 3.49. The van der Waals surface area contributed by atoms with E-state index in [9.17, 15) is 4.39 Å². The summed E-state index contributed by atoms with van der Waals surface area (Å²) >= 11 is 0. The Bertz CT molecular complexity index is 509. The van der Waals surface area contributed by atoms with E-state index in [4.69, 9.17) is 5.84 Å². The van der Waals surface area contributed by atoms with Crippen LogP contribution in [0.1, 0.15) is 5.56 Å². The zero-order chi connectivity index (χ0) is 12.3. The number of halogens is 1.